The van der Waals surface area contributed by atoms with Gasteiger partial charge in [0, 0.05) is 13.6 Å². The average Bonchev–Trinajstić information content (AvgIpc) is 2.35. The number of nitrogens with one attached hydrogen (secondary N) is 1. The minimum absolute atomic E-state index is 0.375. The van der Waals surface area contributed by atoms with E-state index in [0.717, 1.165) is 5.56 Å². The van der Waals surface area contributed by atoms with Gasteiger partial charge in [-0.3, -0.25) is 4.72 Å². The smallest absolute Gasteiger partial charge is 0.301 e. The van der Waals surface area contributed by atoms with Crippen LogP contribution in [-0.2, 0) is 10.2 Å². The second-order valence-corrected chi connectivity index (χ2v) is 6.05. The Kier molecular flexibility index (Phi) is 5.59. The molecule has 0 amide bonds. The number of ether oxygens (including phenoxy) is 1. The third-order valence-electron chi connectivity index (χ3n) is 2.68. The second-order valence-electron chi connectivity index (χ2n) is 4.27. The highest BCUT2D eigenvalue weighted by Crippen LogP contribution is 2.26. The molecule has 0 saturated heterocycles. The van der Waals surface area contributed by atoms with E-state index >= 15 is 0 Å². The van der Waals surface area contributed by atoms with Crippen LogP contribution in [0.1, 0.15) is 12.0 Å². The molecule has 0 unspecified atom stereocenters. The van der Waals surface area contributed by atoms with Crippen molar-refractivity contribution >= 4 is 15.9 Å². The van der Waals surface area contributed by atoms with E-state index in [2.05, 4.69) is 4.72 Å². The maximum absolute atomic E-state index is 12.1. The predicted octanol–water partition coefficient (Wildman–Crippen LogP) is 0.941. The van der Waals surface area contributed by atoms with E-state index in [9.17, 15) is 8.42 Å². The molecule has 0 atom stereocenters. The summed E-state index contributed by atoms with van der Waals surface area (Å²) in [5.41, 5.74) is 6.76. The van der Waals surface area contributed by atoms with Crippen molar-refractivity contribution in [2.45, 2.75) is 13.3 Å². The lowest BCUT2D eigenvalue weighted by atomic mass is 10.2. The fourth-order valence-corrected chi connectivity index (χ4v) is 2.52. The normalized spacial score (nSPS) is 11.6. The van der Waals surface area contributed by atoms with E-state index in [-0.39, 0.29) is 0 Å². The molecule has 19 heavy (non-hydrogen) atoms. The largest absolute Gasteiger partial charge is 0.495 e. The molecule has 3 N–H and O–H groups in total. The first-order valence-corrected chi connectivity index (χ1v) is 7.43. The number of hydrogen-bond donors (Lipinski definition) is 2. The fourth-order valence-electron chi connectivity index (χ4n) is 1.55. The molecule has 0 fully saturated rings. The van der Waals surface area contributed by atoms with E-state index in [4.69, 9.17) is 10.5 Å². The zero-order chi connectivity index (χ0) is 14.5. The molecule has 0 aliphatic rings. The highest BCUT2D eigenvalue weighted by Gasteiger charge is 2.18. The molecule has 0 aliphatic carbocycles. The van der Waals surface area contributed by atoms with E-state index in [1.165, 1.54) is 18.5 Å². The highest BCUT2D eigenvalue weighted by molar-refractivity contribution is 7.90. The lowest BCUT2D eigenvalue weighted by molar-refractivity contribution is 0.416. The molecule has 6 nitrogen and oxygen atoms in total. The molecule has 0 saturated carbocycles. The quantitative estimate of drug-likeness (QED) is 0.781. The summed E-state index contributed by atoms with van der Waals surface area (Å²) in [6.07, 6.45) is 0.613. The van der Waals surface area contributed by atoms with Gasteiger partial charge in [0.25, 0.3) is 0 Å². The molecular formula is C12H21N3O3S. The van der Waals surface area contributed by atoms with Gasteiger partial charge >= 0.3 is 10.2 Å². The first kappa shape index (κ1) is 15.7. The van der Waals surface area contributed by atoms with Gasteiger partial charge in [0.15, 0.2) is 0 Å². The Morgan fingerprint density at radius 2 is 2.11 bits per heavy atom. The lowest BCUT2D eigenvalue weighted by Crippen LogP contribution is -2.34. The van der Waals surface area contributed by atoms with Crippen molar-refractivity contribution in [1.29, 1.82) is 0 Å². The van der Waals surface area contributed by atoms with Crippen LogP contribution in [0.3, 0.4) is 0 Å². The summed E-state index contributed by atoms with van der Waals surface area (Å²) in [6, 6.07) is 5.31. The summed E-state index contributed by atoms with van der Waals surface area (Å²) in [5.74, 6) is 0.487. The zero-order valence-electron chi connectivity index (χ0n) is 11.5. The summed E-state index contributed by atoms with van der Waals surface area (Å²) in [4.78, 5) is 0. The molecule has 1 rings (SSSR count). The van der Waals surface area contributed by atoms with Crippen molar-refractivity contribution < 1.29 is 13.2 Å². The molecule has 0 heterocycles. The maximum Gasteiger partial charge on any atom is 0.301 e. The van der Waals surface area contributed by atoms with Crippen molar-refractivity contribution in [3.8, 4) is 5.75 Å². The first-order chi connectivity index (χ1) is 8.90. The Hall–Kier alpha value is -1.31. The minimum Gasteiger partial charge on any atom is -0.495 e. The number of nitrogens with zero attached hydrogens (tertiary/aromatic N) is 1. The van der Waals surface area contributed by atoms with Gasteiger partial charge in [-0.2, -0.15) is 12.7 Å². The maximum atomic E-state index is 12.1. The number of anilines is 1. The molecule has 7 heteroatoms. The Morgan fingerprint density at radius 3 is 2.68 bits per heavy atom. The van der Waals surface area contributed by atoms with Gasteiger partial charge in [-0.05, 0) is 37.6 Å². The molecule has 1 aromatic rings. The number of rotatable bonds is 7. The molecule has 0 spiro atoms. The van der Waals surface area contributed by atoms with Gasteiger partial charge in [-0.15, -0.1) is 0 Å². The third-order valence-corrected chi connectivity index (χ3v) is 4.16. The Labute approximate surface area is 114 Å². The van der Waals surface area contributed by atoms with Gasteiger partial charge < -0.3 is 10.5 Å². The summed E-state index contributed by atoms with van der Waals surface area (Å²) in [6.45, 7) is 2.71. The van der Waals surface area contributed by atoms with Crippen LogP contribution in [0.4, 0.5) is 5.69 Å². The van der Waals surface area contributed by atoms with Crippen LogP contribution in [0.25, 0.3) is 0 Å². The molecule has 1 aromatic carbocycles. The van der Waals surface area contributed by atoms with Crippen molar-refractivity contribution in [3.05, 3.63) is 23.8 Å². The summed E-state index contributed by atoms with van der Waals surface area (Å²) in [7, 11) is -0.572. The van der Waals surface area contributed by atoms with Gasteiger partial charge in [-0.25, -0.2) is 0 Å². The van der Waals surface area contributed by atoms with Gasteiger partial charge in [0.2, 0.25) is 0 Å². The molecule has 0 aliphatic heterocycles. The number of methoxy groups -OCH3 is 1. The van der Waals surface area contributed by atoms with Crippen molar-refractivity contribution in [3.63, 3.8) is 0 Å². The molecule has 108 valence electrons. The van der Waals surface area contributed by atoms with Crippen LogP contribution in [-0.4, -0.2) is 40.0 Å². The number of benzene rings is 1. The number of nitrogens with two attached hydrogens (primary N) is 1. The zero-order valence-corrected chi connectivity index (χ0v) is 12.3. The molecular weight excluding hydrogens is 266 g/mol. The van der Waals surface area contributed by atoms with Gasteiger partial charge in [0.05, 0.1) is 12.8 Å². The average molecular weight is 287 g/mol. The van der Waals surface area contributed by atoms with Crippen molar-refractivity contribution in [2.24, 2.45) is 5.73 Å². The molecule has 0 radical (unpaired) electrons. The number of aryl methyl sites for hydroxylation is 1. The van der Waals surface area contributed by atoms with Crippen LogP contribution >= 0.6 is 0 Å². The van der Waals surface area contributed by atoms with E-state index in [0.29, 0.717) is 30.9 Å². The van der Waals surface area contributed by atoms with Gasteiger partial charge in [-0.1, -0.05) is 6.07 Å². The van der Waals surface area contributed by atoms with Gasteiger partial charge in [0.1, 0.15) is 5.75 Å². The second kappa shape index (κ2) is 6.74. The van der Waals surface area contributed by atoms with E-state index < -0.39 is 10.2 Å². The summed E-state index contributed by atoms with van der Waals surface area (Å²) in [5, 5.41) is 0. The summed E-state index contributed by atoms with van der Waals surface area (Å²) >= 11 is 0. The van der Waals surface area contributed by atoms with Crippen LogP contribution in [0, 0.1) is 6.92 Å². The SMILES string of the molecule is COc1ccc(C)cc1NS(=O)(=O)N(C)CCCN. The molecule has 0 aromatic heterocycles. The van der Waals surface area contributed by atoms with Crippen molar-refractivity contribution in [1.82, 2.24) is 4.31 Å². The minimum atomic E-state index is -3.59. The summed E-state index contributed by atoms with van der Waals surface area (Å²) < 4.78 is 33.1. The van der Waals surface area contributed by atoms with E-state index in [1.54, 1.807) is 12.1 Å². The third kappa shape index (κ3) is 4.38. The predicted molar refractivity (Wildman–Crippen MR) is 76.6 cm³/mol. The Balaban J connectivity index is 2.91. The van der Waals surface area contributed by atoms with Crippen LogP contribution < -0.4 is 15.2 Å². The standard InChI is InChI=1S/C12H21N3O3S/c1-10-5-6-12(18-3)11(9-10)14-19(16,17)15(2)8-4-7-13/h5-6,9,14H,4,7-8,13H2,1-3H3. The van der Waals surface area contributed by atoms with Crippen LogP contribution in [0.2, 0.25) is 0 Å². The number of hydrogen-bond acceptors (Lipinski definition) is 4. The Bertz CT molecular complexity index is 517. The topological polar surface area (TPSA) is 84.7 Å². The van der Waals surface area contributed by atoms with Crippen LogP contribution in [0.15, 0.2) is 18.2 Å². The molecule has 0 bridgehead atoms. The Morgan fingerprint density at radius 1 is 1.42 bits per heavy atom. The van der Waals surface area contributed by atoms with E-state index in [1.807, 2.05) is 13.0 Å². The first-order valence-electron chi connectivity index (χ1n) is 5.99. The lowest BCUT2D eigenvalue weighted by Gasteiger charge is -2.19. The van der Waals surface area contributed by atoms with Crippen molar-refractivity contribution in [2.75, 3.05) is 32.0 Å². The monoisotopic (exact) mass is 287 g/mol. The fraction of sp³-hybridized carbons (Fsp3) is 0.500. The highest BCUT2D eigenvalue weighted by atomic mass is 32.2. The van der Waals surface area contributed by atoms with Crippen LogP contribution in [0.5, 0.6) is 5.75 Å².